The number of likely N-dealkylation sites (tertiary alicyclic amines) is 1. The Labute approximate surface area is 246 Å². The molecular formula is C30H34ClF3N2O4S. The largest absolute Gasteiger partial charge is 0.497 e. The summed E-state index contributed by atoms with van der Waals surface area (Å²) >= 11 is 7.99. The van der Waals surface area contributed by atoms with Crippen molar-refractivity contribution >= 4 is 40.2 Å². The molecule has 2 N–H and O–H groups in total. The number of ether oxygens (including phenoxy) is 1. The molecule has 0 amide bonds. The lowest BCUT2D eigenvalue weighted by Gasteiger charge is -2.41. The van der Waals surface area contributed by atoms with Gasteiger partial charge in [0.15, 0.2) is 0 Å². The molecule has 1 aliphatic rings. The molecule has 4 rings (SSSR count). The second-order valence-corrected chi connectivity index (χ2v) is 12.2. The molecule has 11 heteroatoms. The zero-order valence-corrected chi connectivity index (χ0v) is 24.4. The van der Waals surface area contributed by atoms with Crippen LogP contribution in [0.2, 0.25) is 5.02 Å². The Morgan fingerprint density at radius 1 is 1.20 bits per heavy atom. The fourth-order valence-electron chi connectivity index (χ4n) is 5.53. The van der Waals surface area contributed by atoms with Crippen LogP contribution in [0.25, 0.3) is 10.9 Å². The fourth-order valence-corrected chi connectivity index (χ4v) is 6.64. The summed E-state index contributed by atoms with van der Waals surface area (Å²) in [6.07, 6.45) is -0.464. The Hall–Kier alpha value is -2.53. The Morgan fingerprint density at radius 2 is 1.90 bits per heavy atom. The maximum atomic E-state index is 12.8. The number of carboxylic acids is 1. The summed E-state index contributed by atoms with van der Waals surface area (Å²) in [5.74, 6) is 0.556. The van der Waals surface area contributed by atoms with Gasteiger partial charge >= 0.3 is 12.1 Å². The van der Waals surface area contributed by atoms with E-state index in [9.17, 15) is 28.2 Å². The standard InChI is InChI=1S/C30H34ClF3N2O4S/c1-40-21-5-8-25-23(17-21)28(24(31)19-35-25)26(37)9-10-29(18-27(38)39)11-14-36(15-12-29)13-2-16-41-22-6-3-20(4-7-22)30(32,33)34/h3-8,17,19,26,37H,2,9-16,18H2,1H3,(H,38,39)/t26-/m1/s1. The molecule has 0 saturated carbocycles. The number of aliphatic hydroxyl groups is 1. The number of piperidine rings is 1. The Bertz CT molecular complexity index is 1330. The third kappa shape index (κ3) is 8.28. The molecule has 1 atom stereocenters. The molecule has 3 aromatic rings. The average Bonchev–Trinajstić information content (AvgIpc) is 2.94. The number of rotatable bonds is 12. The number of alkyl halides is 3. The van der Waals surface area contributed by atoms with Crippen LogP contribution < -0.4 is 4.74 Å². The molecule has 1 saturated heterocycles. The number of pyridine rings is 1. The summed E-state index contributed by atoms with van der Waals surface area (Å²) in [4.78, 5) is 19.3. The van der Waals surface area contributed by atoms with Crippen LogP contribution >= 0.6 is 23.4 Å². The highest BCUT2D eigenvalue weighted by atomic mass is 35.5. The van der Waals surface area contributed by atoms with Gasteiger partial charge < -0.3 is 19.8 Å². The summed E-state index contributed by atoms with van der Waals surface area (Å²) in [7, 11) is 1.56. The number of nitrogens with zero attached hydrogens (tertiary/aromatic N) is 2. The van der Waals surface area contributed by atoms with Crippen LogP contribution in [0, 0.1) is 5.41 Å². The van der Waals surface area contributed by atoms with E-state index < -0.39 is 29.2 Å². The number of benzene rings is 2. The van der Waals surface area contributed by atoms with E-state index >= 15 is 0 Å². The van der Waals surface area contributed by atoms with Crippen molar-refractivity contribution in [1.82, 2.24) is 9.88 Å². The van der Waals surface area contributed by atoms with E-state index in [-0.39, 0.29) is 6.42 Å². The highest BCUT2D eigenvalue weighted by molar-refractivity contribution is 7.99. The lowest BCUT2D eigenvalue weighted by Crippen LogP contribution is -2.41. The van der Waals surface area contributed by atoms with Crippen molar-refractivity contribution in [2.45, 2.75) is 55.7 Å². The van der Waals surface area contributed by atoms with Gasteiger partial charge in [-0.2, -0.15) is 13.2 Å². The number of hydrogen-bond donors (Lipinski definition) is 2. The molecule has 41 heavy (non-hydrogen) atoms. The lowest BCUT2D eigenvalue weighted by atomic mass is 9.71. The number of halogens is 4. The minimum Gasteiger partial charge on any atom is -0.497 e. The smallest absolute Gasteiger partial charge is 0.416 e. The third-order valence-corrected chi connectivity index (χ3v) is 9.26. The average molecular weight is 611 g/mol. The van der Waals surface area contributed by atoms with E-state index in [1.807, 2.05) is 6.07 Å². The van der Waals surface area contributed by atoms with E-state index in [0.29, 0.717) is 52.9 Å². The topological polar surface area (TPSA) is 82.9 Å². The molecule has 2 heterocycles. The molecule has 0 spiro atoms. The SMILES string of the molecule is COc1ccc2ncc(Cl)c([C@H](O)CCC3(CC(=O)O)CCN(CCCSc4ccc(C(F)(F)F)cc4)CC3)c2c1. The van der Waals surface area contributed by atoms with E-state index in [1.54, 1.807) is 19.2 Å². The van der Waals surface area contributed by atoms with Crippen molar-refractivity contribution in [3.8, 4) is 5.75 Å². The summed E-state index contributed by atoms with van der Waals surface area (Å²) in [6.45, 7) is 2.34. The van der Waals surface area contributed by atoms with Crippen LogP contribution in [0.1, 0.15) is 55.8 Å². The van der Waals surface area contributed by atoms with Gasteiger partial charge in [-0.15, -0.1) is 11.8 Å². The van der Waals surface area contributed by atoms with E-state index in [1.165, 1.54) is 30.1 Å². The molecule has 1 aromatic heterocycles. The second-order valence-electron chi connectivity index (χ2n) is 10.6. The molecule has 222 valence electrons. The van der Waals surface area contributed by atoms with Gasteiger partial charge in [0.2, 0.25) is 0 Å². The fraction of sp³-hybridized carbons (Fsp3) is 0.467. The lowest BCUT2D eigenvalue weighted by molar-refractivity contribution is -0.141. The highest BCUT2D eigenvalue weighted by Gasteiger charge is 2.37. The first-order valence-electron chi connectivity index (χ1n) is 13.5. The first-order valence-corrected chi connectivity index (χ1v) is 14.9. The maximum Gasteiger partial charge on any atom is 0.416 e. The van der Waals surface area contributed by atoms with Gasteiger partial charge in [-0.25, -0.2) is 0 Å². The van der Waals surface area contributed by atoms with Crippen molar-refractivity contribution < 1.29 is 32.9 Å². The summed E-state index contributed by atoms with van der Waals surface area (Å²) in [5, 5.41) is 22.0. The van der Waals surface area contributed by atoms with Crippen molar-refractivity contribution in [1.29, 1.82) is 0 Å². The Kier molecular flexibility index (Phi) is 10.4. The van der Waals surface area contributed by atoms with Crippen LogP contribution in [-0.4, -0.2) is 58.6 Å². The quantitative estimate of drug-likeness (QED) is 0.163. The number of aliphatic hydroxyl groups excluding tert-OH is 1. The summed E-state index contributed by atoms with van der Waals surface area (Å²) in [5.41, 5.74) is 0.189. The molecule has 6 nitrogen and oxygen atoms in total. The van der Waals surface area contributed by atoms with E-state index in [2.05, 4.69) is 9.88 Å². The zero-order valence-electron chi connectivity index (χ0n) is 22.8. The number of aliphatic carboxylic acids is 1. The van der Waals surface area contributed by atoms with Gasteiger partial charge in [-0.05, 0) is 105 Å². The molecule has 0 unspecified atom stereocenters. The van der Waals surface area contributed by atoms with E-state index in [4.69, 9.17) is 16.3 Å². The van der Waals surface area contributed by atoms with Crippen LogP contribution in [-0.2, 0) is 11.0 Å². The predicted octanol–water partition coefficient (Wildman–Crippen LogP) is 7.47. The summed E-state index contributed by atoms with van der Waals surface area (Å²) in [6, 6.07) is 10.6. The van der Waals surface area contributed by atoms with Gasteiger partial charge in [-0.3, -0.25) is 9.78 Å². The molecule has 1 aliphatic heterocycles. The van der Waals surface area contributed by atoms with Gasteiger partial charge in [0.1, 0.15) is 5.75 Å². The van der Waals surface area contributed by atoms with Gasteiger partial charge in [-0.1, -0.05) is 11.6 Å². The second kappa shape index (κ2) is 13.6. The Morgan fingerprint density at radius 3 is 2.54 bits per heavy atom. The minimum atomic E-state index is -4.33. The Balaban J connectivity index is 1.31. The molecule has 0 aliphatic carbocycles. The molecule has 0 radical (unpaired) electrons. The first kappa shape index (κ1) is 31.4. The number of methoxy groups -OCH3 is 1. The summed E-state index contributed by atoms with van der Waals surface area (Å²) < 4.78 is 43.6. The van der Waals surface area contributed by atoms with Crippen LogP contribution in [0.4, 0.5) is 13.2 Å². The molecule has 1 fully saturated rings. The maximum absolute atomic E-state index is 12.8. The molecule has 2 aromatic carbocycles. The van der Waals surface area contributed by atoms with Crippen molar-refractivity contribution in [2.75, 3.05) is 32.5 Å². The molecule has 0 bridgehead atoms. The third-order valence-electron chi connectivity index (χ3n) is 7.86. The van der Waals surface area contributed by atoms with Crippen molar-refractivity contribution in [2.24, 2.45) is 5.41 Å². The first-order chi connectivity index (χ1) is 19.5. The van der Waals surface area contributed by atoms with Crippen molar-refractivity contribution in [3.05, 3.63) is 64.8 Å². The van der Waals surface area contributed by atoms with Crippen LogP contribution in [0.5, 0.6) is 5.75 Å². The number of aromatic nitrogens is 1. The number of fused-ring (bicyclic) bond motifs is 1. The van der Waals surface area contributed by atoms with E-state index in [0.717, 1.165) is 48.8 Å². The minimum absolute atomic E-state index is 0.0377. The molecular weight excluding hydrogens is 577 g/mol. The van der Waals surface area contributed by atoms with Gasteiger partial charge in [0, 0.05) is 22.0 Å². The van der Waals surface area contributed by atoms with Gasteiger partial charge in [0.05, 0.1) is 35.7 Å². The van der Waals surface area contributed by atoms with Crippen LogP contribution in [0.3, 0.4) is 0 Å². The predicted molar refractivity (Wildman–Crippen MR) is 155 cm³/mol. The number of thioether (sulfide) groups is 1. The normalized spacial score (nSPS) is 16.5. The number of carbonyl (C=O) groups is 1. The van der Waals surface area contributed by atoms with Crippen molar-refractivity contribution in [3.63, 3.8) is 0 Å². The number of hydrogen-bond acceptors (Lipinski definition) is 6. The number of carboxylic acid groups (broad SMARTS) is 1. The highest BCUT2D eigenvalue weighted by Crippen LogP contribution is 2.43. The monoisotopic (exact) mass is 610 g/mol. The van der Waals surface area contributed by atoms with Crippen LogP contribution in [0.15, 0.2) is 53.6 Å². The zero-order chi connectivity index (χ0) is 29.6. The van der Waals surface area contributed by atoms with Gasteiger partial charge in [0.25, 0.3) is 0 Å².